The summed E-state index contributed by atoms with van der Waals surface area (Å²) in [6, 6.07) is -0.460. The van der Waals surface area contributed by atoms with Gasteiger partial charge in [0.05, 0.1) is 19.3 Å². The van der Waals surface area contributed by atoms with Crippen LogP contribution < -0.4 is 11.1 Å². The molecule has 5 heteroatoms. The molecule has 0 aliphatic rings. The van der Waals surface area contributed by atoms with Gasteiger partial charge in [-0.25, -0.2) is 0 Å². The van der Waals surface area contributed by atoms with E-state index in [0.29, 0.717) is 32.8 Å². The summed E-state index contributed by atoms with van der Waals surface area (Å²) in [5.74, 6) is -0.131. The first-order valence-electron chi connectivity index (χ1n) is 5.93. The molecule has 1 amide bonds. The highest BCUT2D eigenvalue weighted by atomic mass is 16.5. The van der Waals surface area contributed by atoms with E-state index in [9.17, 15) is 4.79 Å². The van der Waals surface area contributed by atoms with Gasteiger partial charge < -0.3 is 20.5 Å². The molecule has 0 aromatic heterocycles. The molecule has 0 bridgehead atoms. The van der Waals surface area contributed by atoms with Crippen LogP contribution >= 0.6 is 0 Å². The van der Waals surface area contributed by atoms with Crippen LogP contribution in [0.5, 0.6) is 0 Å². The van der Waals surface area contributed by atoms with E-state index in [0.717, 1.165) is 12.8 Å². The summed E-state index contributed by atoms with van der Waals surface area (Å²) < 4.78 is 10.1. The van der Waals surface area contributed by atoms with E-state index >= 15 is 0 Å². The highest BCUT2D eigenvalue weighted by Gasteiger charge is 2.11. The molecule has 0 spiro atoms. The van der Waals surface area contributed by atoms with Gasteiger partial charge in [-0.05, 0) is 19.3 Å². The van der Waals surface area contributed by atoms with Gasteiger partial charge in [-0.1, -0.05) is 6.08 Å². The van der Waals surface area contributed by atoms with Crippen LogP contribution in [0.4, 0.5) is 0 Å². The van der Waals surface area contributed by atoms with Crippen molar-refractivity contribution in [3.05, 3.63) is 12.7 Å². The molecule has 0 aromatic carbocycles. The molecule has 0 fully saturated rings. The predicted molar refractivity (Wildman–Crippen MR) is 67.7 cm³/mol. The van der Waals surface area contributed by atoms with Gasteiger partial charge in [0.25, 0.3) is 0 Å². The van der Waals surface area contributed by atoms with Gasteiger partial charge in [0.1, 0.15) is 0 Å². The van der Waals surface area contributed by atoms with Crippen molar-refractivity contribution in [3.63, 3.8) is 0 Å². The molecule has 5 nitrogen and oxygen atoms in total. The molecule has 1 atom stereocenters. The minimum absolute atomic E-state index is 0.131. The maximum Gasteiger partial charge on any atom is 0.236 e. The maximum absolute atomic E-state index is 11.5. The van der Waals surface area contributed by atoms with Gasteiger partial charge in [-0.15, -0.1) is 6.58 Å². The summed E-state index contributed by atoms with van der Waals surface area (Å²) in [6.45, 7) is 5.86. The Hall–Kier alpha value is -0.910. The van der Waals surface area contributed by atoms with Crippen LogP contribution in [0, 0.1) is 0 Å². The largest absolute Gasteiger partial charge is 0.385 e. The Morgan fingerprint density at radius 3 is 2.88 bits per heavy atom. The number of ether oxygens (including phenoxy) is 2. The highest BCUT2D eigenvalue weighted by Crippen LogP contribution is 1.94. The van der Waals surface area contributed by atoms with Crippen molar-refractivity contribution in [2.24, 2.45) is 5.73 Å². The molecule has 0 aliphatic heterocycles. The molecule has 0 rings (SSSR count). The van der Waals surface area contributed by atoms with Gasteiger partial charge in [0.15, 0.2) is 0 Å². The summed E-state index contributed by atoms with van der Waals surface area (Å²) in [6.07, 6.45) is 4.05. The fraction of sp³-hybridized carbons (Fsp3) is 0.750. The van der Waals surface area contributed by atoms with Crippen molar-refractivity contribution < 1.29 is 14.3 Å². The molecule has 17 heavy (non-hydrogen) atoms. The number of carbonyl (C=O) groups excluding carboxylic acids is 1. The summed E-state index contributed by atoms with van der Waals surface area (Å²) in [5.41, 5.74) is 5.70. The van der Waals surface area contributed by atoms with Gasteiger partial charge in [0, 0.05) is 20.3 Å². The topological polar surface area (TPSA) is 73.6 Å². The normalized spacial score (nSPS) is 12.1. The van der Waals surface area contributed by atoms with Crippen LogP contribution in [0.25, 0.3) is 0 Å². The van der Waals surface area contributed by atoms with Gasteiger partial charge in [-0.3, -0.25) is 4.79 Å². The third kappa shape index (κ3) is 9.99. The lowest BCUT2D eigenvalue weighted by atomic mass is 10.1. The number of carbonyl (C=O) groups is 1. The fourth-order valence-electron chi connectivity index (χ4n) is 1.22. The second-order valence-corrected chi connectivity index (χ2v) is 3.72. The molecule has 1 unspecified atom stereocenters. The second-order valence-electron chi connectivity index (χ2n) is 3.72. The van der Waals surface area contributed by atoms with Crippen molar-refractivity contribution in [1.29, 1.82) is 0 Å². The van der Waals surface area contributed by atoms with Crippen molar-refractivity contribution in [2.75, 3.05) is 33.5 Å². The van der Waals surface area contributed by atoms with Crippen molar-refractivity contribution in [2.45, 2.75) is 25.3 Å². The predicted octanol–water partition coefficient (Wildman–Crippen LogP) is 0.449. The molecule has 3 N–H and O–H groups in total. The fourth-order valence-corrected chi connectivity index (χ4v) is 1.22. The molecule has 0 radical (unpaired) electrons. The lowest BCUT2D eigenvalue weighted by molar-refractivity contribution is -0.122. The lowest BCUT2D eigenvalue weighted by Crippen LogP contribution is -2.41. The number of methoxy groups -OCH3 is 1. The third-order valence-corrected chi connectivity index (χ3v) is 2.21. The van der Waals surface area contributed by atoms with Gasteiger partial charge in [0.2, 0.25) is 5.91 Å². The van der Waals surface area contributed by atoms with E-state index in [2.05, 4.69) is 11.9 Å². The zero-order valence-corrected chi connectivity index (χ0v) is 10.6. The van der Waals surface area contributed by atoms with Crippen LogP contribution in [0.3, 0.4) is 0 Å². The minimum atomic E-state index is -0.460. The summed E-state index contributed by atoms with van der Waals surface area (Å²) in [4.78, 5) is 11.5. The van der Waals surface area contributed by atoms with E-state index in [4.69, 9.17) is 15.2 Å². The van der Waals surface area contributed by atoms with Crippen LogP contribution in [-0.4, -0.2) is 45.4 Å². The first-order chi connectivity index (χ1) is 8.22. The van der Waals surface area contributed by atoms with E-state index in [1.165, 1.54) is 0 Å². The first kappa shape index (κ1) is 16.1. The van der Waals surface area contributed by atoms with Crippen LogP contribution in [0.15, 0.2) is 12.7 Å². The monoisotopic (exact) mass is 244 g/mol. The van der Waals surface area contributed by atoms with Crippen LogP contribution in [-0.2, 0) is 14.3 Å². The number of hydrogen-bond acceptors (Lipinski definition) is 4. The molecule has 0 saturated carbocycles. The molecule has 0 aromatic rings. The zero-order valence-electron chi connectivity index (χ0n) is 10.6. The third-order valence-electron chi connectivity index (χ3n) is 2.21. The van der Waals surface area contributed by atoms with Gasteiger partial charge in [-0.2, -0.15) is 0 Å². The Bertz CT molecular complexity index is 210. The molecule has 0 saturated heterocycles. The minimum Gasteiger partial charge on any atom is -0.385 e. The summed E-state index contributed by atoms with van der Waals surface area (Å²) in [7, 11) is 1.63. The van der Waals surface area contributed by atoms with E-state index in [-0.39, 0.29) is 5.91 Å². The first-order valence-corrected chi connectivity index (χ1v) is 5.93. The van der Waals surface area contributed by atoms with Crippen molar-refractivity contribution in [3.8, 4) is 0 Å². The van der Waals surface area contributed by atoms with E-state index in [1.807, 2.05) is 0 Å². The summed E-state index contributed by atoms with van der Waals surface area (Å²) in [5, 5.41) is 2.73. The van der Waals surface area contributed by atoms with Crippen molar-refractivity contribution in [1.82, 2.24) is 5.32 Å². The molecular formula is C12H24N2O3. The molecular weight excluding hydrogens is 220 g/mol. The number of hydrogen-bond donors (Lipinski definition) is 2. The Morgan fingerprint density at radius 2 is 2.24 bits per heavy atom. The van der Waals surface area contributed by atoms with Gasteiger partial charge >= 0.3 is 0 Å². The maximum atomic E-state index is 11.5. The Labute approximate surface area is 103 Å². The molecule has 0 aliphatic carbocycles. The van der Waals surface area contributed by atoms with Crippen LogP contribution in [0.1, 0.15) is 19.3 Å². The lowest BCUT2D eigenvalue weighted by Gasteiger charge is -2.11. The Morgan fingerprint density at radius 1 is 1.47 bits per heavy atom. The average Bonchev–Trinajstić information content (AvgIpc) is 2.33. The Kier molecular flexibility index (Phi) is 11.0. The SMILES string of the molecule is C=CCCOCCNC(=O)C(N)CCCOC. The standard InChI is InChI=1S/C12H24N2O3/c1-3-4-9-17-10-7-14-12(15)11(13)6-5-8-16-2/h3,11H,1,4-10,13H2,2H3,(H,14,15). The van der Waals surface area contributed by atoms with E-state index < -0.39 is 6.04 Å². The molecule has 0 heterocycles. The summed E-state index contributed by atoms with van der Waals surface area (Å²) >= 11 is 0. The number of nitrogens with two attached hydrogens (primary N) is 1. The van der Waals surface area contributed by atoms with Crippen molar-refractivity contribution >= 4 is 5.91 Å². The van der Waals surface area contributed by atoms with Crippen LogP contribution in [0.2, 0.25) is 0 Å². The average molecular weight is 244 g/mol. The number of rotatable bonds is 11. The quantitative estimate of drug-likeness (QED) is 0.409. The smallest absolute Gasteiger partial charge is 0.236 e. The Balaban J connectivity index is 3.40. The number of amides is 1. The van der Waals surface area contributed by atoms with E-state index in [1.54, 1.807) is 13.2 Å². The number of nitrogens with one attached hydrogen (secondary N) is 1. The molecule has 100 valence electrons. The zero-order chi connectivity index (χ0) is 12.9. The second kappa shape index (κ2) is 11.6. The highest BCUT2D eigenvalue weighted by molar-refractivity contribution is 5.81.